The first-order valence-corrected chi connectivity index (χ1v) is 15.6. The van der Waals surface area contributed by atoms with Gasteiger partial charge in [-0.05, 0) is 65.2 Å². The summed E-state index contributed by atoms with van der Waals surface area (Å²) in [5.41, 5.74) is 2.41. The van der Waals surface area contributed by atoms with Gasteiger partial charge >= 0.3 is 5.97 Å². The van der Waals surface area contributed by atoms with Gasteiger partial charge in [0.2, 0.25) is 0 Å². The van der Waals surface area contributed by atoms with E-state index in [-0.39, 0.29) is 18.0 Å². The first-order valence-electron chi connectivity index (χ1n) is 15.6. The quantitative estimate of drug-likeness (QED) is 0.220. The Balaban J connectivity index is 1.50. The van der Waals surface area contributed by atoms with Crippen molar-refractivity contribution >= 4 is 17.4 Å². The van der Waals surface area contributed by atoms with Crippen molar-refractivity contribution in [3.8, 4) is 11.6 Å². The summed E-state index contributed by atoms with van der Waals surface area (Å²) in [6, 6.07) is 6.78. The van der Waals surface area contributed by atoms with Gasteiger partial charge in [0.05, 0.1) is 36.7 Å². The van der Waals surface area contributed by atoms with E-state index in [4.69, 9.17) is 29.0 Å². The highest BCUT2D eigenvalue weighted by atomic mass is 19.1. The fourth-order valence-corrected chi connectivity index (χ4v) is 6.01. The number of methoxy groups -OCH3 is 1. The van der Waals surface area contributed by atoms with Gasteiger partial charge < -0.3 is 23.8 Å². The van der Waals surface area contributed by atoms with Crippen molar-refractivity contribution in [1.82, 2.24) is 24.4 Å². The van der Waals surface area contributed by atoms with Crippen LogP contribution in [0.4, 0.5) is 10.2 Å². The van der Waals surface area contributed by atoms with E-state index in [9.17, 15) is 9.18 Å². The molecule has 0 aliphatic carbocycles. The molecule has 0 unspecified atom stereocenters. The second kappa shape index (κ2) is 12.5. The first-order chi connectivity index (χ1) is 21.9. The molecule has 1 saturated heterocycles. The van der Waals surface area contributed by atoms with E-state index in [1.165, 1.54) is 13.2 Å². The Morgan fingerprint density at radius 2 is 1.91 bits per heavy atom. The van der Waals surface area contributed by atoms with Crippen LogP contribution in [0.1, 0.15) is 69.0 Å². The number of piperidine rings is 1. The number of rotatable bonds is 3. The zero-order chi connectivity index (χ0) is 32.6. The number of halogens is 1. The molecule has 3 aliphatic rings. The highest BCUT2D eigenvalue weighted by Gasteiger charge is 2.38. The maximum absolute atomic E-state index is 14.8. The summed E-state index contributed by atoms with van der Waals surface area (Å²) in [7, 11) is 1.36. The van der Waals surface area contributed by atoms with Gasteiger partial charge in [-0.3, -0.25) is 0 Å². The summed E-state index contributed by atoms with van der Waals surface area (Å²) in [5.74, 6) is 0.559. The molecule has 3 aliphatic heterocycles. The van der Waals surface area contributed by atoms with E-state index in [1.54, 1.807) is 21.5 Å². The van der Waals surface area contributed by atoms with Gasteiger partial charge in [0.1, 0.15) is 12.4 Å². The van der Waals surface area contributed by atoms with Crippen molar-refractivity contribution < 1.29 is 28.1 Å². The maximum atomic E-state index is 14.8. The van der Waals surface area contributed by atoms with Crippen LogP contribution in [0.25, 0.3) is 11.5 Å². The normalized spacial score (nSPS) is 18.2. The number of para-hydroxylation sites is 1. The largest absolute Gasteiger partial charge is 0.486 e. The Bertz CT molecular complexity index is 1770. The third kappa shape index (κ3) is 6.50. The highest BCUT2D eigenvalue weighted by Crippen LogP contribution is 2.38. The van der Waals surface area contributed by atoms with Gasteiger partial charge in [-0.25, -0.2) is 18.9 Å². The van der Waals surface area contributed by atoms with Gasteiger partial charge in [0.25, 0.3) is 0 Å². The number of esters is 1. The molecule has 0 spiro atoms. The molecule has 12 heteroatoms. The Morgan fingerprint density at radius 1 is 1.15 bits per heavy atom. The highest BCUT2D eigenvalue weighted by molar-refractivity contribution is 5.80. The minimum atomic E-state index is -1.02. The Morgan fingerprint density at radius 3 is 2.65 bits per heavy atom. The monoisotopic (exact) mass is 632 g/mol. The second-order valence-electron chi connectivity index (χ2n) is 13.1. The number of anilines is 1. The number of fused-ring (bicyclic) bond motifs is 6. The lowest BCUT2D eigenvalue weighted by atomic mass is 9.92. The van der Waals surface area contributed by atoms with Crippen molar-refractivity contribution in [2.24, 2.45) is 0 Å². The van der Waals surface area contributed by atoms with Crippen molar-refractivity contribution in [3.05, 3.63) is 77.0 Å². The molecule has 6 bridgehead atoms. The van der Waals surface area contributed by atoms with Crippen LogP contribution in [0.15, 0.2) is 48.8 Å². The van der Waals surface area contributed by atoms with E-state index in [1.807, 2.05) is 58.2 Å². The van der Waals surface area contributed by atoms with Crippen molar-refractivity contribution in [1.29, 1.82) is 0 Å². The van der Waals surface area contributed by atoms with Gasteiger partial charge in [0, 0.05) is 43.0 Å². The number of aromatic nitrogens is 5. The van der Waals surface area contributed by atoms with Gasteiger partial charge in [0.15, 0.2) is 29.1 Å². The summed E-state index contributed by atoms with van der Waals surface area (Å²) < 4.78 is 42.1. The predicted octanol–water partition coefficient (Wildman–Crippen LogP) is 5.31. The molecule has 11 nitrogen and oxygen atoms in total. The molecular formula is C34H41FN6O5. The first kappa shape index (κ1) is 31.7. The summed E-state index contributed by atoms with van der Waals surface area (Å²) in [6.07, 6.45) is 8.22. The summed E-state index contributed by atoms with van der Waals surface area (Å²) in [4.78, 5) is 20.4. The van der Waals surface area contributed by atoms with Crippen LogP contribution in [0.2, 0.25) is 0 Å². The van der Waals surface area contributed by atoms with Crippen LogP contribution in [0.5, 0.6) is 5.75 Å². The number of hydrogen-bond acceptors (Lipinski definition) is 9. The smallest absolute Gasteiger partial charge is 0.339 e. The van der Waals surface area contributed by atoms with Crippen LogP contribution in [0.3, 0.4) is 0 Å². The van der Waals surface area contributed by atoms with Crippen LogP contribution >= 0.6 is 0 Å². The molecule has 0 N–H and O–H groups in total. The summed E-state index contributed by atoms with van der Waals surface area (Å²) in [5, 5.41) is 9.55. The number of carbonyl (C=O) groups excluding carboxylic acids is 1. The average Bonchev–Trinajstić information content (AvgIpc) is 3.64. The number of ether oxygens (including phenoxy) is 4. The zero-order valence-corrected chi connectivity index (χ0v) is 27.2. The van der Waals surface area contributed by atoms with E-state index in [0.717, 1.165) is 24.2 Å². The van der Waals surface area contributed by atoms with Crippen LogP contribution in [0, 0.1) is 12.7 Å². The molecule has 244 valence electrons. The Labute approximate surface area is 267 Å². The lowest BCUT2D eigenvalue weighted by Crippen LogP contribution is -2.45. The fourth-order valence-electron chi connectivity index (χ4n) is 6.01. The fraction of sp³-hybridized carbons (Fsp3) is 0.471. The van der Waals surface area contributed by atoms with E-state index in [0.29, 0.717) is 54.4 Å². The van der Waals surface area contributed by atoms with Crippen molar-refractivity contribution in [2.45, 2.75) is 71.2 Å². The third-order valence-corrected chi connectivity index (χ3v) is 8.39. The van der Waals surface area contributed by atoms with Crippen LogP contribution in [-0.2, 0) is 25.4 Å². The van der Waals surface area contributed by atoms with Gasteiger partial charge in [-0.15, -0.1) is 5.10 Å². The number of hydrogen-bond donors (Lipinski definition) is 0. The number of benzene rings is 1. The van der Waals surface area contributed by atoms with Crippen LogP contribution < -0.4 is 9.64 Å². The number of carbonyl (C=O) groups is 1. The maximum Gasteiger partial charge on any atom is 0.339 e. The summed E-state index contributed by atoms with van der Waals surface area (Å²) in [6.45, 7) is 11.6. The van der Waals surface area contributed by atoms with E-state index in [2.05, 4.69) is 16.9 Å². The topological polar surface area (TPSA) is 105 Å². The zero-order valence-electron chi connectivity index (χ0n) is 27.2. The summed E-state index contributed by atoms with van der Waals surface area (Å²) >= 11 is 0. The molecule has 0 radical (unpaired) electrons. The minimum Gasteiger partial charge on any atom is -0.486 e. The standard InChI is InChI=1S/C34H41FN6O5/c1-22-28(30(32(42)43-6)46-33(2,3)4)31-39-14-12-34(5,13-15-39)45-17-8-7-16-44-29-24(10-9-11-25(29)35)18-23-20-36-40(21-23)27-19-26(37-22)41(31)38-27/h7-11,19-21,30H,12-18H2,1-6H3/b8-7+/t30-/m0/s1. The van der Waals surface area contributed by atoms with Crippen molar-refractivity contribution in [3.63, 3.8) is 0 Å². The number of aryl methyl sites for hydroxylation is 1. The van der Waals surface area contributed by atoms with Crippen LogP contribution in [-0.4, -0.2) is 75.0 Å². The average molecular weight is 633 g/mol. The van der Waals surface area contributed by atoms with E-state index < -0.39 is 23.5 Å². The van der Waals surface area contributed by atoms with E-state index >= 15 is 0 Å². The van der Waals surface area contributed by atoms with Gasteiger partial charge in [-0.2, -0.15) is 9.61 Å². The Hall–Kier alpha value is -4.29. The minimum absolute atomic E-state index is 0.218. The molecular weight excluding hydrogens is 591 g/mol. The second-order valence-corrected chi connectivity index (χ2v) is 13.1. The molecule has 1 fully saturated rings. The lowest BCUT2D eigenvalue weighted by Gasteiger charge is -2.41. The molecule has 6 heterocycles. The predicted molar refractivity (Wildman–Crippen MR) is 170 cm³/mol. The molecule has 1 aromatic carbocycles. The SMILES string of the molecule is COC(=O)[C@@H](OC(C)(C)C)c1c(C)nc2cc3nn2c1N1CCC(C)(CC1)OC/C=C/COc1c(F)cccc1Cc1cnn-3c1. The molecule has 3 aromatic heterocycles. The lowest BCUT2D eigenvalue weighted by molar-refractivity contribution is -0.164. The molecule has 1 atom stereocenters. The van der Waals surface area contributed by atoms with Crippen molar-refractivity contribution in [2.75, 3.05) is 38.3 Å². The number of nitrogens with zero attached hydrogens (tertiary/aromatic N) is 6. The van der Waals surface area contributed by atoms with Gasteiger partial charge in [-0.1, -0.05) is 18.2 Å². The molecule has 0 saturated carbocycles. The third-order valence-electron chi connectivity index (χ3n) is 8.39. The molecule has 4 aromatic rings. The molecule has 0 amide bonds. The Kier molecular flexibility index (Phi) is 8.60. The molecule has 7 rings (SSSR count). The molecule has 46 heavy (non-hydrogen) atoms.